The number of nitrogens with zero attached hydrogens (tertiary/aromatic N) is 3. The van der Waals surface area contributed by atoms with Crippen LogP contribution < -0.4 is 15.4 Å². The molecule has 2 aromatic heterocycles. The maximum atomic E-state index is 12.5. The highest BCUT2D eigenvalue weighted by atomic mass is 32.1. The first-order valence-corrected chi connectivity index (χ1v) is 10.6. The van der Waals surface area contributed by atoms with Crippen LogP contribution in [0, 0.1) is 0 Å². The highest BCUT2D eigenvalue weighted by molar-refractivity contribution is 7.22. The van der Waals surface area contributed by atoms with E-state index >= 15 is 0 Å². The number of fused-ring (bicyclic) bond motifs is 2. The maximum absolute atomic E-state index is 12.5. The molecular formula is C21H18F3N5O4S. The molecule has 34 heavy (non-hydrogen) atoms. The Bertz CT molecular complexity index is 1400. The Labute approximate surface area is 194 Å². The van der Waals surface area contributed by atoms with Crippen LogP contribution in [0.2, 0.25) is 0 Å². The van der Waals surface area contributed by atoms with E-state index in [2.05, 4.69) is 30.1 Å². The third kappa shape index (κ3) is 4.88. The van der Waals surface area contributed by atoms with Crippen molar-refractivity contribution in [3.63, 3.8) is 0 Å². The number of carbonyl (C=O) groups is 2. The van der Waals surface area contributed by atoms with Crippen LogP contribution >= 0.6 is 11.3 Å². The first-order valence-electron chi connectivity index (χ1n) is 9.82. The van der Waals surface area contributed by atoms with Gasteiger partial charge in [0.15, 0.2) is 5.13 Å². The topological polar surface area (TPSA) is 107 Å². The number of anilines is 2. The van der Waals surface area contributed by atoms with Crippen LogP contribution in [-0.4, -0.2) is 45.9 Å². The molecule has 178 valence electrons. The Morgan fingerprint density at radius 3 is 2.59 bits per heavy atom. The minimum atomic E-state index is -4.78. The van der Waals surface area contributed by atoms with Crippen LogP contribution in [0.5, 0.6) is 5.75 Å². The van der Waals surface area contributed by atoms with E-state index in [0.29, 0.717) is 32.4 Å². The number of alkyl halides is 3. The van der Waals surface area contributed by atoms with Crippen molar-refractivity contribution in [1.29, 1.82) is 0 Å². The summed E-state index contributed by atoms with van der Waals surface area (Å²) >= 11 is 1.14. The number of thiazole rings is 1. The van der Waals surface area contributed by atoms with Gasteiger partial charge in [-0.15, -0.1) is 13.2 Å². The second kappa shape index (κ2) is 8.82. The Morgan fingerprint density at radius 1 is 1.12 bits per heavy atom. The Kier molecular flexibility index (Phi) is 6.04. The van der Waals surface area contributed by atoms with E-state index in [-0.39, 0.29) is 5.75 Å². The average molecular weight is 493 g/mol. The van der Waals surface area contributed by atoms with Crippen molar-refractivity contribution in [2.24, 2.45) is 7.05 Å². The summed E-state index contributed by atoms with van der Waals surface area (Å²) in [6.45, 7) is 1.52. The van der Waals surface area contributed by atoms with Crippen molar-refractivity contribution >= 4 is 55.5 Å². The normalized spacial score (nSPS) is 12.5. The van der Waals surface area contributed by atoms with Crippen molar-refractivity contribution in [1.82, 2.24) is 19.9 Å². The molecule has 2 N–H and O–H groups in total. The second-order valence-corrected chi connectivity index (χ2v) is 8.27. The number of benzene rings is 2. The van der Waals surface area contributed by atoms with Crippen molar-refractivity contribution in [3.05, 3.63) is 42.0 Å². The number of aryl methyl sites for hydroxylation is 1. The largest absolute Gasteiger partial charge is 0.573 e. The summed E-state index contributed by atoms with van der Waals surface area (Å²) in [6.07, 6.45) is -4.78. The van der Waals surface area contributed by atoms with Gasteiger partial charge < -0.3 is 24.7 Å². The summed E-state index contributed by atoms with van der Waals surface area (Å²) in [6, 6.07) is 7.99. The molecule has 0 aliphatic carbocycles. The van der Waals surface area contributed by atoms with Gasteiger partial charge in [-0.3, -0.25) is 4.79 Å². The molecule has 13 heteroatoms. The number of aromatic nitrogens is 3. The number of halogens is 3. The van der Waals surface area contributed by atoms with E-state index in [1.807, 2.05) is 0 Å². The fourth-order valence-electron chi connectivity index (χ4n) is 3.22. The van der Waals surface area contributed by atoms with Crippen LogP contribution in [0.1, 0.15) is 17.3 Å². The predicted molar refractivity (Wildman–Crippen MR) is 119 cm³/mol. The minimum absolute atomic E-state index is 0.310. The maximum Gasteiger partial charge on any atom is 0.573 e. The molecular weight excluding hydrogens is 475 g/mol. The second-order valence-electron chi connectivity index (χ2n) is 7.24. The molecule has 0 aliphatic rings. The van der Waals surface area contributed by atoms with Gasteiger partial charge in [-0.1, -0.05) is 11.3 Å². The lowest BCUT2D eigenvalue weighted by Gasteiger charge is -2.11. The molecule has 2 aromatic carbocycles. The van der Waals surface area contributed by atoms with Crippen LogP contribution in [0.4, 0.5) is 24.3 Å². The summed E-state index contributed by atoms with van der Waals surface area (Å²) in [5.41, 5.74) is 2.05. The molecule has 2 heterocycles. The van der Waals surface area contributed by atoms with Crippen LogP contribution in [0.3, 0.4) is 0 Å². The van der Waals surface area contributed by atoms with Crippen molar-refractivity contribution in [2.75, 3.05) is 12.4 Å². The quantitative estimate of drug-likeness (QED) is 0.389. The number of hydrogen-bond donors (Lipinski definition) is 2. The lowest BCUT2D eigenvalue weighted by molar-refractivity contribution is -0.274. The van der Waals surface area contributed by atoms with E-state index in [9.17, 15) is 22.8 Å². The predicted octanol–water partition coefficient (Wildman–Crippen LogP) is 4.12. The van der Waals surface area contributed by atoms with Crippen LogP contribution in [0.25, 0.3) is 21.3 Å². The third-order valence-corrected chi connectivity index (χ3v) is 5.79. The third-order valence-electron chi connectivity index (χ3n) is 4.86. The molecule has 0 radical (unpaired) electrons. The number of carbonyl (C=O) groups excluding carboxylic acids is 2. The molecule has 1 unspecified atom stereocenters. The Hall–Kier alpha value is -3.87. The number of amides is 1. The smallest absolute Gasteiger partial charge is 0.467 e. The van der Waals surface area contributed by atoms with Gasteiger partial charge in [0.1, 0.15) is 11.8 Å². The first kappa shape index (κ1) is 23.3. The molecule has 0 bridgehead atoms. The van der Waals surface area contributed by atoms with Crippen molar-refractivity contribution < 1.29 is 32.2 Å². The molecule has 1 atom stereocenters. The molecule has 0 saturated heterocycles. The highest BCUT2D eigenvalue weighted by Crippen LogP contribution is 2.33. The minimum Gasteiger partial charge on any atom is -0.467 e. The number of rotatable bonds is 6. The standard InChI is InChI=1S/C21H18F3N5O4S/c1-10(18(31)32-3)25-17(30)11-4-7-15-14(8-11)26-19(29(15)2)28-20-27-13-6-5-12(9-16(13)34-20)33-21(22,23)24/h4-10H,1-3H3,(H,25,30)(H,26,27,28). The molecule has 1 amide bonds. The molecule has 0 saturated carbocycles. The number of imidazole rings is 1. The number of methoxy groups -OCH3 is 1. The van der Waals surface area contributed by atoms with E-state index in [0.717, 1.165) is 16.9 Å². The fraction of sp³-hybridized carbons (Fsp3) is 0.238. The molecule has 4 aromatic rings. The molecule has 0 fully saturated rings. The average Bonchev–Trinajstić information content (AvgIpc) is 3.31. The zero-order valence-electron chi connectivity index (χ0n) is 18.1. The summed E-state index contributed by atoms with van der Waals surface area (Å²) in [5.74, 6) is -0.929. The van der Waals surface area contributed by atoms with Crippen LogP contribution in [-0.2, 0) is 16.6 Å². The van der Waals surface area contributed by atoms with E-state index in [1.54, 1.807) is 29.8 Å². The Morgan fingerprint density at radius 2 is 1.88 bits per heavy atom. The van der Waals surface area contributed by atoms with Crippen molar-refractivity contribution in [3.8, 4) is 5.75 Å². The van der Waals surface area contributed by atoms with Crippen LogP contribution in [0.15, 0.2) is 36.4 Å². The molecule has 4 rings (SSSR count). The van der Waals surface area contributed by atoms with Gasteiger partial charge >= 0.3 is 12.3 Å². The monoisotopic (exact) mass is 493 g/mol. The summed E-state index contributed by atoms with van der Waals surface area (Å²) in [5, 5.41) is 6.03. The van der Waals surface area contributed by atoms with Gasteiger partial charge in [-0.25, -0.2) is 14.8 Å². The summed E-state index contributed by atoms with van der Waals surface area (Å²) in [4.78, 5) is 32.9. The van der Waals surface area contributed by atoms with Gasteiger partial charge in [0, 0.05) is 18.7 Å². The van der Waals surface area contributed by atoms with Gasteiger partial charge in [0.05, 0.1) is 28.4 Å². The van der Waals surface area contributed by atoms with Gasteiger partial charge in [-0.2, -0.15) is 0 Å². The van der Waals surface area contributed by atoms with E-state index in [4.69, 9.17) is 0 Å². The zero-order chi connectivity index (χ0) is 24.6. The van der Waals surface area contributed by atoms with Gasteiger partial charge in [-0.05, 0) is 37.3 Å². The Balaban J connectivity index is 1.56. The summed E-state index contributed by atoms with van der Waals surface area (Å²) < 4.78 is 48.2. The highest BCUT2D eigenvalue weighted by Gasteiger charge is 2.31. The number of ether oxygens (including phenoxy) is 2. The van der Waals surface area contributed by atoms with Crippen molar-refractivity contribution in [2.45, 2.75) is 19.3 Å². The number of nitrogens with one attached hydrogen (secondary N) is 2. The van der Waals surface area contributed by atoms with E-state index < -0.39 is 24.3 Å². The van der Waals surface area contributed by atoms with Gasteiger partial charge in [0.25, 0.3) is 5.91 Å². The van der Waals surface area contributed by atoms with Gasteiger partial charge in [0.2, 0.25) is 5.95 Å². The molecule has 0 aliphatic heterocycles. The summed E-state index contributed by atoms with van der Waals surface area (Å²) in [7, 11) is 3.00. The first-order chi connectivity index (χ1) is 16.0. The van der Waals surface area contributed by atoms with E-state index in [1.165, 1.54) is 32.2 Å². The number of esters is 1. The number of hydrogen-bond acceptors (Lipinski definition) is 8. The molecule has 0 spiro atoms. The zero-order valence-corrected chi connectivity index (χ0v) is 18.9. The fourth-order valence-corrected chi connectivity index (χ4v) is 4.11. The SMILES string of the molecule is COC(=O)C(C)NC(=O)c1ccc2c(c1)nc(Nc1nc3ccc(OC(F)(F)F)cc3s1)n2C. The lowest BCUT2D eigenvalue weighted by Crippen LogP contribution is -2.39. The molecule has 9 nitrogen and oxygen atoms in total. The lowest BCUT2D eigenvalue weighted by atomic mass is 10.1.